The van der Waals surface area contributed by atoms with Gasteiger partial charge in [-0.15, -0.1) is 0 Å². The first-order chi connectivity index (χ1) is 17.7. The van der Waals surface area contributed by atoms with Gasteiger partial charge in [0.15, 0.2) is 5.65 Å². The van der Waals surface area contributed by atoms with Crippen LogP contribution in [0.4, 0.5) is 0 Å². The zero-order valence-corrected chi connectivity index (χ0v) is 23.4. The van der Waals surface area contributed by atoms with Crippen molar-refractivity contribution in [2.24, 2.45) is 11.7 Å². The molecule has 2 N–H and O–H groups in total. The summed E-state index contributed by atoms with van der Waals surface area (Å²) >= 11 is 9.96. The summed E-state index contributed by atoms with van der Waals surface area (Å²) in [4.78, 5) is 34.3. The van der Waals surface area contributed by atoms with E-state index in [1.165, 1.54) is 4.52 Å². The molecular formula is C27H30BrClN6O2. The molecule has 2 heterocycles. The van der Waals surface area contributed by atoms with E-state index in [9.17, 15) is 9.59 Å². The Labute approximate surface area is 229 Å². The third-order valence-electron chi connectivity index (χ3n) is 6.24. The summed E-state index contributed by atoms with van der Waals surface area (Å²) < 4.78 is 3.72. The van der Waals surface area contributed by atoms with Crippen molar-refractivity contribution in [3.63, 3.8) is 0 Å². The molecule has 2 aromatic carbocycles. The minimum absolute atomic E-state index is 0.0728. The summed E-state index contributed by atoms with van der Waals surface area (Å²) in [5.41, 5.74) is 7.77. The van der Waals surface area contributed by atoms with Gasteiger partial charge in [0, 0.05) is 16.6 Å². The molecule has 4 aromatic rings. The molecule has 10 heteroatoms. The van der Waals surface area contributed by atoms with E-state index >= 15 is 0 Å². The maximum absolute atomic E-state index is 13.9. The average molecular weight is 586 g/mol. The molecule has 0 aliphatic rings. The van der Waals surface area contributed by atoms with Crippen LogP contribution in [0.1, 0.15) is 53.7 Å². The molecular weight excluding hydrogens is 556 g/mol. The lowest BCUT2D eigenvalue weighted by Gasteiger charge is -2.35. The van der Waals surface area contributed by atoms with Crippen LogP contribution in [-0.4, -0.2) is 43.1 Å². The lowest BCUT2D eigenvalue weighted by molar-refractivity contribution is 0.0601. The van der Waals surface area contributed by atoms with Gasteiger partial charge in [0.25, 0.3) is 5.91 Å². The van der Waals surface area contributed by atoms with Crippen LogP contribution >= 0.6 is 27.5 Å². The molecule has 0 spiro atoms. The smallest absolute Gasteiger partial charge is 0.330 e. The molecule has 1 unspecified atom stereocenters. The fraction of sp³-hybridized carbons (Fsp3) is 0.333. The van der Waals surface area contributed by atoms with Crippen molar-refractivity contribution >= 4 is 39.1 Å². The van der Waals surface area contributed by atoms with Gasteiger partial charge in [-0.1, -0.05) is 71.7 Å². The Morgan fingerprint density at radius 2 is 1.81 bits per heavy atom. The molecule has 4 rings (SSSR count). The highest BCUT2D eigenvalue weighted by molar-refractivity contribution is 9.10. The fourth-order valence-corrected chi connectivity index (χ4v) is 4.86. The number of amides is 1. The van der Waals surface area contributed by atoms with Crippen molar-refractivity contribution < 1.29 is 4.79 Å². The number of carbonyl (C=O) groups excluding carboxylic acids is 1. The highest BCUT2D eigenvalue weighted by atomic mass is 79.9. The molecule has 0 saturated carbocycles. The monoisotopic (exact) mass is 584 g/mol. The van der Waals surface area contributed by atoms with E-state index in [0.29, 0.717) is 41.6 Å². The van der Waals surface area contributed by atoms with Crippen LogP contribution < -0.4 is 11.4 Å². The quantitative estimate of drug-likeness (QED) is 0.303. The molecule has 37 heavy (non-hydrogen) atoms. The fourth-order valence-electron chi connectivity index (χ4n) is 4.43. The molecule has 0 saturated heterocycles. The summed E-state index contributed by atoms with van der Waals surface area (Å²) in [5, 5.41) is 4.65. The van der Waals surface area contributed by atoms with Crippen LogP contribution in [0.5, 0.6) is 0 Å². The Kier molecular flexibility index (Phi) is 8.46. The summed E-state index contributed by atoms with van der Waals surface area (Å²) in [6.07, 6.45) is 0.600. The van der Waals surface area contributed by atoms with Gasteiger partial charge in [-0.2, -0.15) is 9.61 Å². The van der Waals surface area contributed by atoms with Crippen LogP contribution in [0, 0.1) is 12.8 Å². The predicted molar refractivity (Wildman–Crippen MR) is 149 cm³/mol. The maximum atomic E-state index is 13.9. The van der Waals surface area contributed by atoms with Crippen LogP contribution in [0.2, 0.25) is 5.02 Å². The number of aromatic nitrogens is 4. The van der Waals surface area contributed by atoms with Crippen molar-refractivity contribution in [2.45, 2.75) is 39.8 Å². The average Bonchev–Trinajstić information content (AvgIpc) is 3.17. The van der Waals surface area contributed by atoms with E-state index in [0.717, 1.165) is 10.0 Å². The van der Waals surface area contributed by atoms with Crippen molar-refractivity contribution in [1.29, 1.82) is 0 Å². The molecule has 1 atom stereocenters. The van der Waals surface area contributed by atoms with Gasteiger partial charge in [0.05, 0.1) is 18.3 Å². The number of benzene rings is 2. The number of carbonyl (C=O) groups is 1. The minimum Gasteiger partial charge on any atom is -0.330 e. The number of fused-ring (bicyclic) bond motifs is 1. The standard InChI is InChI=1S/C27H30BrClN6O2/c1-17(2)23(33(15-7-14-30)26(36)20-10-12-21(28)13-11-20)25-31-24-22(29)18(3)32-35(24)27(37)34(25)16-19-8-5-4-6-9-19/h4-6,8-13,17,23H,7,14-16,30H2,1-3H3. The lowest BCUT2D eigenvalue weighted by Crippen LogP contribution is -2.43. The summed E-state index contributed by atoms with van der Waals surface area (Å²) in [6.45, 7) is 6.87. The first-order valence-corrected chi connectivity index (χ1v) is 13.4. The number of nitrogens with zero attached hydrogens (tertiary/aromatic N) is 5. The molecule has 194 valence electrons. The van der Waals surface area contributed by atoms with E-state index in [4.69, 9.17) is 22.3 Å². The molecule has 0 fully saturated rings. The summed E-state index contributed by atoms with van der Waals surface area (Å²) in [7, 11) is 0. The molecule has 0 bridgehead atoms. The zero-order valence-electron chi connectivity index (χ0n) is 21.1. The second-order valence-electron chi connectivity index (χ2n) is 9.30. The summed E-state index contributed by atoms with van der Waals surface area (Å²) in [6, 6.07) is 16.4. The van der Waals surface area contributed by atoms with Crippen molar-refractivity contribution in [2.75, 3.05) is 13.1 Å². The molecule has 0 aliphatic carbocycles. The zero-order chi connectivity index (χ0) is 26.7. The molecule has 8 nitrogen and oxygen atoms in total. The normalized spacial score (nSPS) is 12.3. The number of hydrogen-bond acceptors (Lipinski definition) is 5. The maximum Gasteiger partial charge on any atom is 0.352 e. The van der Waals surface area contributed by atoms with Crippen molar-refractivity contribution in [3.8, 4) is 0 Å². The summed E-state index contributed by atoms with van der Waals surface area (Å²) in [5.74, 6) is 0.229. The van der Waals surface area contributed by atoms with E-state index in [1.807, 2.05) is 56.3 Å². The van der Waals surface area contributed by atoms with Gasteiger partial charge in [0.2, 0.25) is 0 Å². The first-order valence-electron chi connectivity index (χ1n) is 12.2. The molecule has 0 aliphatic heterocycles. The van der Waals surface area contributed by atoms with E-state index in [2.05, 4.69) is 21.0 Å². The highest BCUT2D eigenvalue weighted by Gasteiger charge is 2.33. The Balaban J connectivity index is 1.94. The van der Waals surface area contributed by atoms with Crippen LogP contribution in [-0.2, 0) is 6.54 Å². The van der Waals surface area contributed by atoms with Gasteiger partial charge >= 0.3 is 5.69 Å². The highest BCUT2D eigenvalue weighted by Crippen LogP contribution is 2.31. The number of aryl methyl sites for hydroxylation is 1. The van der Waals surface area contributed by atoms with Gasteiger partial charge < -0.3 is 10.6 Å². The lowest BCUT2D eigenvalue weighted by atomic mass is 9.99. The van der Waals surface area contributed by atoms with E-state index < -0.39 is 6.04 Å². The van der Waals surface area contributed by atoms with Crippen LogP contribution in [0.3, 0.4) is 0 Å². The second kappa shape index (κ2) is 11.6. The number of rotatable bonds is 9. The predicted octanol–water partition coefficient (Wildman–Crippen LogP) is 4.85. The number of halogens is 2. The molecule has 1 amide bonds. The molecule has 0 radical (unpaired) electrons. The van der Waals surface area contributed by atoms with E-state index in [1.54, 1.807) is 28.5 Å². The SMILES string of the molecule is Cc1nn2c(=O)n(Cc3ccccc3)c(C(C(C)C)N(CCCN)C(=O)c3ccc(Br)cc3)nc2c1Cl. The van der Waals surface area contributed by atoms with Crippen LogP contribution in [0.25, 0.3) is 5.65 Å². The topological polar surface area (TPSA) is 98.5 Å². The first kappa shape index (κ1) is 27.0. The van der Waals surface area contributed by atoms with Gasteiger partial charge in [-0.05, 0) is 55.6 Å². The van der Waals surface area contributed by atoms with Crippen LogP contribution in [0.15, 0.2) is 63.9 Å². The number of hydrogen-bond donors (Lipinski definition) is 1. The van der Waals surface area contributed by atoms with Gasteiger partial charge in [-0.3, -0.25) is 9.36 Å². The van der Waals surface area contributed by atoms with Gasteiger partial charge in [-0.25, -0.2) is 9.78 Å². The van der Waals surface area contributed by atoms with E-state index in [-0.39, 0.29) is 29.7 Å². The second-order valence-corrected chi connectivity index (χ2v) is 10.6. The Morgan fingerprint density at radius 3 is 2.43 bits per heavy atom. The Morgan fingerprint density at radius 1 is 1.14 bits per heavy atom. The third kappa shape index (κ3) is 5.63. The number of nitrogens with two attached hydrogens (primary N) is 1. The molecule has 2 aromatic heterocycles. The largest absolute Gasteiger partial charge is 0.352 e. The minimum atomic E-state index is -0.518. The third-order valence-corrected chi connectivity index (χ3v) is 7.22. The van der Waals surface area contributed by atoms with Crippen molar-refractivity contribution in [1.82, 2.24) is 24.1 Å². The Bertz CT molecular complexity index is 1450. The van der Waals surface area contributed by atoms with Crippen molar-refractivity contribution in [3.05, 3.63) is 97.2 Å². The Hall–Kier alpha value is -3.01. The van der Waals surface area contributed by atoms with Gasteiger partial charge in [0.1, 0.15) is 10.8 Å².